The average Bonchev–Trinajstić information content (AvgIpc) is 2.33. The third kappa shape index (κ3) is 0.926. The van der Waals surface area contributed by atoms with E-state index in [4.69, 9.17) is 16.1 Å². The van der Waals surface area contributed by atoms with Crippen molar-refractivity contribution in [2.24, 2.45) is 0 Å². The third-order valence-corrected chi connectivity index (χ3v) is 2.23. The topological polar surface area (TPSA) is 26.0 Å². The second-order valence-electron chi connectivity index (χ2n) is 2.61. The van der Waals surface area contributed by atoms with E-state index in [0.29, 0.717) is 0 Å². The van der Waals surface area contributed by atoms with Crippen LogP contribution in [0.5, 0.6) is 0 Å². The van der Waals surface area contributed by atoms with Crippen molar-refractivity contribution in [3.63, 3.8) is 0 Å². The lowest BCUT2D eigenvalue weighted by Crippen LogP contribution is -2.11. The molecule has 54 valence electrons. The van der Waals surface area contributed by atoms with E-state index in [0.717, 1.165) is 25.0 Å². The van der Waals surface area contributed by atoms with Crippen molar-refractivity contribution in [3.05, 3.63) is 17.5 Å². The minimum Gasteiger partial charge on any atom is -0.361 e. The summed E-state index contributed by atoms with van der Waals surface area (Å²) in [5.41, 5.74) is 1.19. The molecular weight excluding hydrogens is 150 g/mol. The highest BCUT2D eigenvalue weighted by Gasteiger charge is 2.19. The van der Waals surface area contributed by atoms with Crippen molar-refractivity contribution < 1.29 is 4.52 Å². The second-order valence-corrected chi connectivity index (χ2v) is 3.23. The molecule has 2 rings (SSSR count). The molecule has 1 atom stereocenters. The first-order valence-electron chi connectivity index (χ1n) is 3.43. The van der Waals surface area contributed by atoms with Crippen LogP contribution < -0.4 is 0 Å². The first-order chi connectivity index (χ1) is 4.86. The molecule has 1 aromatic rings. The number of aryl methyl sites for hydroxylation is 1. The molecule has 0 fully saturated rings. The number of aromatic nitrogens is 1. The quantitative estimate of drug-likeness (QED) is 0.537. The van der Waals surface area contributed by atoms with Gasteiger partial charge in [-0.1, -0.05) is 5.16 Å². The van der Waals surface area contributed by atoms with Crippen LogP contribution >= 0.6 is 11.6 Å². The normalized spacial score (nSPS) is 24.3. The number of halogens is 1. The number of fused-ring (bicyclic) bond motifs is 1. The molecule has 0 aromatic carbocycles. The van der Waals surface area contributed by atoms with Gasteiger partial charge in [0, 0.05) is 17.4 Å². The van der Waals surface area contributed by atoms with Gasteiger partial charge >= 0.3 is 0 Å². The number of rotatable bonds is 0. The zero-order valence-corrected chi connectivity index (χ0v) is 6.27. The smallest absolute Gasteiger partial charge is 0.139 e. The van der Waals surface area contributed by atoms with Gasteiger partial charge in [-0.25, -0.2) is 0 Å². The van der Waals surface area contributed by atoms with Crippen LogP contribution in [0, 0.1) is 0 Å². The fourth-order valence-corrected chi connectivity index (χ4v) is 1.56. The van der Waals surface area contributed by atoms with Gasteiger partial charge in [0.1, 0.15) is 5.76 Å². The fraction of sp³-hybridized carbons (Fsp3) is 0.571. The highest BCUT2D eigenvalue weighted by Crippen LogP contribution is 2.23. The van der Waals surface area contributed by atoms with Crippen LogP contribution in [-0.4, -0.2) is 10.5 Å². The molecule has 1 aliphatic rings. The van der Waals surface area contributed by atoms with Crippen molar-refractivity contribution in [1.82, 2.24) is 5.16 Å². The summed E-state index contributed by atoms with van der Waals surface area (Å²) in [6.45, 7) is 0. The van der Waals surface area contributed by atoms with E-state index in [2.05, 4.69) is 5.16 Å². The third-order valence-electron chi connectivity index (χ3n) is 1.86. The van der Waals surface area contributed by atoms with Gasteiger partial charge in [0.05, 0.1) is 6.20 Å². The largest absolute Gasteiger partial charge is 0.361 e. The maximum absolute atomic E-state index is 5.93. The Balaban J connectivity index is 2.30. The molecule has 0 aliphatic heterocycles. The van der Waals surface area contributed by atoms with Gasteiger partial charge < -0.3 is 4.52 Å². The van der Waals surface area contributed by atoms with E-state index in [1.54, 1.807) is 6.20 Å². The van der Waals surface area contributed by atoms with Gasteiger partial charge in [-0.3, -0.25) is 0 Å². The van der Waals surface area contributed by atoms with Crippen LogP contribution in [-0.2, 0) is 12.8 Å². The Morgan fingerprint density at radius 3 is 3.50 bits per heavy atom. The van der Waals surface area contributed by atoms with Gasteiger partial charge in [0.15, 0.2) is 0 Å². The minimum absolute atomic E-state index is 0.284. The van der Waals surface area contributed by atoms with E-state index in [-0.39, 0.29) is 5.38 Å². The van der Waals surface area contributed by atoms with E-state index in [9.17, 15) is 0 Å². The molecule has 2 nitrogen and oxygen atoms in total. The molecule has 0 unspecified atom stereocenters. The summed E-state index contributed by atoms with van der Waals surface area (Å²) < 4.78 is 5.00. The molecule has 1 aliphatic carbocycles. The maximum atomic E-state index is 5.93. The lowest BCUT2D eigenvalue weighted by atomic mass is 9.99. The number of hydrogen-bond acceptors (Lipinski definition) is 2. The average molecular weight is 158 g/mol. The van der Waals surface area contributed by atoms with Gasteiger partial charge in [0.25, 0.3) is 0 Å². The molecule has 1 heterocycles. The molecule has 0 saturated heterocycles. The molecule has 0 N–H and O–H groups in total. The van der Waals surface area contributed by atoms with Crippen LogP contribution in [0.25, 0.3) is 0 Å². The summed E-state index contributed by atoms with van der Waals surface area (Å²) in [6.07, 6.45) is 4.65. The molecule has 3 heteroatoms. The summed E-state index contributed by atoms with van der Waals surface area (Å²) in [4.78, 5) is 0. The fourth-order valence-electron chi connectivity index (χ4n) is 1.29. The molecule has 0 saturated carbocycles. The number of alkyl halides is 1. The van der Waals surface area contributed by atoms with E-state index in [1.165, 1.54) is 5.56 Å². The van der Waals surface area contributed by atoms with E-state index in [1.807, 2.05) is 0 Å². The Hall–Kier alpha value is -0.500. The SMILES string of the molecule is Cl[C@@H]1CCc2oncc2C1. The highest BCUT2D eigenvalue weighted by molar-refractivity contribution is 6.20. The van der Waals surface area contributed by atoms with Gasteiger partial charge in [0.2, 0.25) is 0 Å². The standard InChI is InChI=1S/C7H8ClNO/c8-6-1-2-7-5(3-6)4-9-10-7/h4,6H,1-3H2/t6-/m1/s1. The minimum atomic E-state index is 0.284. The first-order valence-corrected chi connectivity index (χ1v) is 3.86. The van der Waals surface area contributed by atoms with Gasteiger partial charge in [-0.15, -0.1) is 11.6 Å². The predicted octanol–water partition coefficient (Wildman–Crippen LogP) is 1.77. The zero-order chi connectivity index (χ0) is 6.97. The second kappa shape index (κ2) is 2.27. The molecule has 0 bridgehead atoms. The van der Waals surface area contributed by atoms with Gasteiger partial charge in [-0.05, 0) is 12.8 Å². The van der Waals surface area contributed by atoms with Crippen LogP contribution in [0.15, 0.2) is 10.7 Å². The summed E-state index contributed by atoms with van der Waals surface area (Å²) in [5.74, 6) is 1.02. The molecule has 0 amide bonds. The van der Waals surface area contributed by atoms with Crippen LogP contribution in [0.3, 0.4) is 0 Å². The van der Waals surface area contributed by atoms with Crippen molar-refractivity contribution >= 4 is 11.6 Å². The van der Waals surface area contributed by atoms with Crippen molar-refractivity contribution in [2.75, 3.05) is 0 Å². The monoisotopic (exact) mass is 157 g/mol. The van der Waals surface area contributed by atoms with Crippen molar-refractivity contribution in [2.45, 2.75) is 24.6 Å². The van der Waals surface area contributed by atoms with Crippen molar-refractivity contribution in [3.8, 4) is 0 Å². The lowest BCUT2D eigenvalue weighted by Gasteiger charge is -2.12. The molecule has 1 aromatic heterocycles. The Bertz CT molecular complexity index is 233. The number of nitrogens with zero attached hydrogens (tertiary/aromatic N) is 1. The summed E-state index contributed by atoms with van der Waals surface area (Å²) in [6, 6.07) is 0. The van der Waals surface area contributed by atoms with Gasteiger partial charge in [-0.2, -0.15) is 0 Å². The Morgan fingerprint density at radius 2 is 2.60 bits per heavy atom. The molecule has 0 radical (unpaired) electrons. The van der Waals surface area contributed by atoms with Crippen LogP contribution in [0.1, 0.15) is 17.7 Å². The Morgan fingerprint density at radius 1 is 1.70 bits per heavy atom. The van der Waals surface area contributed by atoms with Crippen LogP contribution in [0.2, 0.25) is 0 Å². The highest BCUT2D eigenvalue weighted by atomic mass is 35.5. The lowest BCUT2D eigenvalue weighted by molar-refractivity contribution is 0.373. The van der Waals surface area contributed by atoms with Crippen LogP contribution in [0.4, 0.5) is 0 Å². The molecular formula is C7H8ClNO. The van der Waals surface area contributed by atoms with E-state index >= 15 is 0 Å². The Labute approximate surface area is 64.2 Å². The Kier molecular flexibility index (Phi) is 1.42. The maximum Gasteiger partial charge on any atom is 0.139 e. The molecule has 10 heavy (non-hydrogen) atoms. The summed E-state index contributed by atoms with van der Waals surface area (Å²) in [5, 5.41) is 3.99. The van der Waals surface area contributed by atoms with E-state index < -0.39 is 0 Å². The first kappa shape index (κ1) is 6.23. The van der Waals surface area contributed by atoms with Crippen molar-refractivity contribution in [1.29, 1.82) is 0 Å². The summed E-state index contributed by atoms with van der Waals surface area (Å²) in [7, 11) is 0. The zero-order valence-electron chi connectivity index (χ0n) is 5.51. The predicted molar refractivity (Wildman–Crippen MR) is 38.2 cm³/mol. The summed E-state index contributed by atoms with van der Waals surface area (Å²) >= 11 is 5.93. The number of hydrogen-bond donors (Lipinski definition) is 0. The molecule has 0 spiro atoms.